The summed E-state index contributed by atoms with van der Waals surface area (Å²) in [7, 11) is 0. The molecule has 1 atom stereocenters. The molecule has 5 nitrogen and oxygen atoms in total. The number of ether oxygens (including phenoxy) is 1. The van der Waals surface area contributed by atoms with Crippen molar-refractivity contribution in [3.05, 3.63) is 223 Å². The molecule has 0 fully saturated rings. The standard InChI is InChI=1S/C67H60N4O.Pt/c1-44(2)45(3)57-41-64(68-42-59(57)48-30-32-49(33-31-48)66(4,5)6)71-60-37-34-50(67(7,8)9)38-58(60)56-36-35-53(40-63(56)71)72-52-25-18-24-51(39-52)69-43-70(62-29-17-16-28-61(62)69)65-54(46-20-12-10-13-21-46)26-19-27-55(65)47-22-14-11-15-23-47;/h10-38,41-42,44-45H,1-9H3;/q-2;. The zero-order chi connectivity index (χ0) is 49.9. The van der Waals surface area contributed by atoms with Crippen LogP contribution in [0.4, 0.5) is 0 Å². The van der Waals surface area contributed by atoms with Crippen molar-refractivity contribution >= 4 is 32.8 Å². The van der Waals surface area contributed by atoms with E-state index in [-0.39, 0.29) is 37.8 Å². The zero-order valence-corrected chi connectivity index (χ0v) is 45.3. The van der Waals surface area contributed by atoms with Crippen LogP contribution in [0.2, 0.25) is 0 Å². The Morgan fingerprint density at radius 2 is 1.14 bits per heavy atom. The average Bonchev–Trinajstić information content (AvgIpc) is 3.94. The van der Waals surface area contributed by atoms with Gasteiger partial charge in [0, 0.05) is 49.8 Å². The second kappa shape index (κ2) is 19.6. The van der Waals surface area contributed by atoms with Crippen molar-refractivity contribution < 1.29 is 30.4 Å². The van der Waals surface area contributed by atoms with E-state index in [0.717, 1.165) is 77.8 Å². The molecule has 3 heterocycles. The van der Waals surface area contributed by atoms with Gasteiger partial charge in [0.05, 0.1) is 16.7 Å². The van der Waals surface area contributed by atoms with Crippen LogP contribution in [0.15, 0.2) is 188 Å². The summed E-state index contributed by atoms with van der Waals surface area (Å²) in [5.41, 5.74) is 16.6. The number of imidazole rings is 1. The maximum absolute atomic E-state index is 6.80. The van der Waals surface area contributed by atoms with Crippen LogP contribution in [0, 0.1) is 24.4 Å². The molecule has 0 N–H and O–H groups in total. The number of benzene rings is 8. The predicted molar refractivity (Wildman–Crippen MR) is 297 cm³/mol. The molecule has 73 heavy (non-hydrogen) atoms. The first-order valence-corrected chi connectivity index (χ1v) is 25.2. The predicted octanol–water partition coefficient (Wildman–Crippen LogP) is 16.9. The molecule has 0 amide bonds. The Morgan fingerprint density at radius 3 is 1.79 bits per heavy atom. The molecular formula is C67H60N4OPt-2. The molecule has 1 unspecified atom stereocenters. The first kappa shape index (κ1) is 49.3. The Hall–Kier alpha value is -7.33. The molecule has 0 aliphatic rings. The molecule has 0 aliphatic carbocycles. The van der Waals surface area contributed by atoms with Gasteiger partial charge in [-0.1, -0.05) is 207 Å². The minimum absolute atomic E-state index is 0. The Labute approximate surface area is 445 Å². The summed E-state index contributed by atoms with van der Waals surface area (Å²) < 4.78 is 13.3. The zero-order valence-electron chi connectivity index (χ0n) is 43.1. The summed E-state index contributed by atoms with van der Waals surface area (Å²) in [4.78, 5) is 5.28. The molecule has 0 spiro atoms. The number of para-hydroxylation sites is 3. The molecule has 0 radical (unpaired) electrons. The third-order valence-electron chi connectivity index (χ3n) is 14.4. The molecule has 0 bridgehead atoms. The maximum atomic E-state index is 6.80. The molecule has 8 aromatic carbocycles. The van der Waals surface area contributed by atoms with E-state index in [1.807, 2.05) is 18.2 Å². The minimum Gasteiger partial charge on any atom is -0.510 e. The molecule has 11 aromatic rings. The topological polar surface area (TPSA) is 35.9 Å². The van der Waals surface area contributed by atoms with Gasteiger partial charge >= 0.3 is 0 Å². The fourth-order valence-corrected chi connectivity index (χ4v) is 10.0. The summed E-state index contributed by atoms with van der Waals surface area (Å²) in [6.07, 6.45) is 5.86. The second-order valence-corrected chi connectivity index (χ2v) is 21.6. The second-order valence-electron chi connectivity index (χ2n) is 21.6. The van der Waals surface area contributed by atoms with Crippen LogP contribution in [-0.4, -0.2) is 14.1 Å². The molecule has 11 rings (SSSR count). The molecule has 0 saturated heterocycles. The van der Waals surface area contributed by atoms with Gasteiger partial charge in [0.25, 0.3) is 6.33 Å². The number of nitrogens with zero attached hydrogens (tertiary/aromatic N) is 4. The van der Waals surface area contributed by atoms with E-state index >= 15 is 0 Å². The van der Waals surface area contributed by atoms with E-state index < -0.39 is 0 Å². The van der Waals surface area contributed by atoms with Crippen molar-refractivity contribution in [2.24, 2.45) is 5.92 Å². The normalized spacial score (nSPS) is 12.4. The Kier molecular flexibility index (Phi) is 13.2. The number of aromatic nitrogens is 4. The van der Waals surface area contributed by atoms with E-state index in [4.69, 9.17) is 9.72 Å². The number of rotatable bonds is 10. The number of fused-ring (bicyclic) bond motifs is 4. The van der Waals surface area contributed by atoms with Gasteiger partial charge in [-0.25, -0.2) is 4.98 Å². The van der Waals surface area contributed by atoms with Crippen LogP contribution in [0.1, 0.15) is 84.9 Å². The van der Waals surface area contributed by atoms with Crippen molar-refractivity contribution in [1.29, 1.82) is 0 Å². The van der Waals surface area contributed by atoms with Crippen molar-refractivity contribution in [2.75, 3.05) is 0 Å². The third-order valence-corrected chi connectivity index (χ3v) is 14.4. The van der Waals surface area contributed by atoms with Crippen molar-refractivity contribution in [1.82, 2.24) is 14.1 Å². The fourth-order valence-electron chi connectivity index (χ4n) is 10.0. The van der Waals surface area contributed by atoms with Gasteiger partial charge in [0.2, 0.25) is 0 Å². The van der Waals surface area contributed by atoms with Crippen molar-refractivity contribution in [3.8, 4) is 62.1 Å². The van der Waals surface area contributed by atoms with Gasteiger partial charge in [0.1, 0.15) is 5.82 Å². The van der Waals surface area contributed by atoms with Crippen molar-refractivity contribution in [2.45, 2.75) is 79.1 Å². The van der Waals surface area contributed by atoms with Crippen LogP contribution >= 0.6 is 0 Å². The first-order chi connectivity index (χ1) is 34.7. The maximum Gasteiger partial charge on any atom is 0.268 e. The van der Waals surface area contributed by atoms with Gasteiger partial charge in [-0.15, -0.1) is 29.7 Å². The van der Waals surface area contributed by atoms with E-state index in [2.05, 4.69) is 264 Å². The Morgan fingerprint density at radius 1 is 0.534 bits per heavy atom. The first-order valence-electron chi connectivity index (χ1n) is 25.2. The van der Waals surface area contributed by atoms with Gasteiger partial charge in [0.15, 0.2) is 0 Å². The van der Waals surface area contributed by atoms with E-state index in [1.54, 1.807) is 0 Å². The molecule has 6 heteroatoms. The average molecular weight is 1130 g/mol. The summed E-state index contributed by atoms with van der Waals surface area (Å²) >= 11 is 0. The summed E-state index contributed by atoms with van der Waals surface area (Å²) in [6, 6.07) is 72.0. The van der Waals surface area contributed by atoms with Crippen LogP contribution in [-0.2, 0) is 31.9 Å². The Bertz CT molecular complexity index is 3720. The van der Waals surface area contributed by atoms with Gasteiger partial charge < -0.3 is 13.9 Å². The molecule has 3 aromatic heterocycles. The van der Waals surface area contributed by atoms with Crippen LogP contribution < -0.4 is 9.30 Å². The molecule has 0 aliphatic heterocycles. The number of pyridine rings is 1. The Balaban J connectivity index is 0.00000611. The van der Waals surface area contributed by atoms with E-state index in [1.165, 1.54) is 22.3 Å². The van der Waals surface area contributed by atoms with E-state index in [9.17, 15) is 0 Å². The third kappa shape index (κ3) is 9.37. The van der Waals surface area contributed by atoms with Gasteiger partial charge in [-0.3, -0.25) is 4.57 Å². The minimum atomic E-state index is -0.0320. The van der Waals surface area contributed by atoms with Crippen molar-refractivity contribution in [3.63, 3.8) is 0 Å². The summed E-state index contributed by atoms with van der Waals surface area (Å²) in [5, 5.41) is 2.25. The molecular weight excluding hydrogens is 1070 g/mol. The van der Waals surface area contributed by atoms with Gasteiger partial charge in [-0.2, -0.15) is 18.2 Å². The smallest absolute Gasteiger partial charge is 0.268 e. The number of hydrogen-bond acceptors (Lipinski definition) is 2. The molecule has 366 valence electrons. The number of hydrogen-bond donors (Lipinski definition) is 0. The van der Waals surface area contributed by atoms with Crippen LogP contribution in [0.25, 0.3) is 83.4 Å². The van der Waals surface area contributed by atoms with E-state index in [0.29, 0.717) is 17.4 Å². The molecule has 0 saturated carbocycles. The summed E-state index contributed by atoms with van der Waals surface area (Å²) in [6.45, 7) is 20.5. The SMILES string of the molecule is CC(C)C(C)c1cc(-n2c3[c-]c(Oc4[c-]c(-n5[c-][n+](-c6c(-c7ccccc7)cccc6-c6ccccc6)c6ccccc65)ccc4)ccc3c3cc(C(C)(C)C)ccc32)ncc1-c1ccc(C(C)(C)C)cc1.[Pt]. The monoisotopic (exact) mass is 1130 g/mol. The van der Waals surface area contributed by atoms with Gasteiger partial charge in [-0.05, 0) is 90.4 Å². The quantitative estimate of drug-likeness (QED) is 0.101. The fraction of sp³-hybridized carbons (Fsp3) is 0.194. The largest absolute Gasteiger partial charge is 0.510 e. The summed E-state index contributed by atoms with van der Waals surface area (Å²) in [5.74, 6) is 2.71. The van der Waals surface area contributed by atoms with Crippen LogP contribution in [0.3, 0.4) is 0 Å². The van der Waals surface area contributed by atoms with Crippen LogP contribution in [0.5, 0.6) is 11.5 Å².